The quantitative estimate of drug-likeness (QED) is 0.654. The molecule has 1 saturated heterocycles. The van der Waals surface area contributed by atoms with E-state index >= 15 is 0 Å². The van der Waals surface area contributed by atoms with Crippen molar-refractivity contribution in [1.82, 2.24) is 10.2 Å². The van der Waals surface area contributed by atoms with Crippen molar-refractivity contribution in [3.05, 3.63) is 35.4 Å². The van der Waals surface area contributed by atoms with Crippen LogP contribution in [0.25, 0.3) is 0 Å². The predicted molar refractivity (Wildman–Crippen MR) is 126 cm³/mol. The third kappa shape index (κ3) is 3.34. The maximum atomic E-state index is 12.4. The number of nitrogens with one attached hydrogen (secondary N) is 1. The number of hydrogen-bond donors (Lipinski definition) is 1. The first-order valence-corrected chi connectivity index (χ1v) is 12.3. The molecule has 0 radical (unpaired) electrons. The minimum Gasteiger partial charge on any atom is -0.349 e. The Bertz CT molecular complexity index is 785. The van der Waals surface area contributed by atoms with Gasteiger partial charge in [-0.25, -0.2) is 0 Å². The first-order valence-electron chi connectivity index (χ1n) is 12.3. The Morgan fingerprint density at radius 3 is 2.38 bits per heavy atom. The van der Waals surface area contributed by atoms with Crippen molar-refractivity contribution in [1.29, 1.82) is 0 Å². The van der Waals surface area contributed by atoms with Crippen molar-refractivity contribution in [2.24, 2.45) is 17.8 Å². The van der Waals surface area contributed by atoms with Gasteiger partial charge in [0.1, 0.15) is 0 Å². The van der Waals surface area contributed by atoms with Crippen LogP contribution in [0.15, 0.2) is 24.3 Å². The number of carbonyl (C=O) groups excluding carboxylic acids is 1. The van der Waals surface area contributed by atoms with Crippen molar-refractivity contribution in [3.63, 3.8) is 0 Å². The molecule has 1 heterocycles. The minimum atomic E-state index is 0. The van der Waals surface area contributed by atoms with E-state index in [1.807, 2.05) is 0 Å². The molecule has 3 saturated carbocycles. The maximum absolute atomic E-state index is 12.4. The summed E-state index contributed by atoms with van der Waals surface area (Å²) >= 11 is 0. The smallest absolute Gasteiger partial charge is 0.223 e. The van der Waals surface area contributed by atoms with Crippen molar-refractivity contribution in [2.75, 3.05) is 13.1 Å². The van der Waals surface area contributed by atoms with Crippen molar-refractivity contribution < 1.29 is 11.9 Å². The molecule has 1 aliphatic heterocycles. The SMILES string of the molecule is O=C(N[C@H]1CCC2(CCN(C3CC4CCC(C4)C3)CC2)c2ccccc21)C1CC1.[HH].[HH].[HH].[HH].[HH]. The summed E-state index contributed by atoms with van der Waals surface area (Å²) in [4.78, 5) is 15.3. The molecule has 0 aromatic heterocycles. The van der Waals surface area contributed by atoms with Crippen LogP contribution in [0, 0.1) is 17.8 Å². The van der Waals surface area contributed by atoms with E-state index in [0.29, 0.717) is 17.2 Å². The molecule has 3 heteroatoms. The second kappa shape index (κ2) is 7.11. The fourth-order valence-corrected chi connectivity index (χ4v) is 7.39. The highest BCUT2D eigenvalue weighted by molar-refractivity contribution is 5.81. The first kappa shape index (κ1) is 18.4. The number of benzene rings is 1. The second-order valence-corrected chi connectivity index (χ2v) is 10.9. The molecule has 5 aliphatic rings. The molecule has 4 aliphatic carbocycles. The average molecular weight is 403 g/mol. The minimum absolute atomic E-state index is 0. The van der Waals surface area contributed by atoms with Crippen LogP contribution in [0.5, 0.6) is 0 Å². The Hall–Kier alpha value is -1.35. The number of nitrogens with zero attached hydrogens (tertiary/aromatic N) is 1. The van der Waals surface area contributed by atoms with E-state index in [1.54, 1.807) is 5.56 Å². The zero-order chi connectivity index (χ0) is 19.4. The summed E-state index contributed by atoms with van der Waals surface area (Å²) in [5, 5.41) is 3.39. The average Bonchev–Trinajstić information content (AvgIpc) is 3.56. The van der Waals surface area contributed by atoms with Crippen LogP contribution in [-0.2, 0) is 10.2 Å². The molecule has 3 atom stereocenters. The third-order valence-corrected chi connectivity index (χ3v) is 9.22. The van der Waals surface area contributed by atoms with E-state index in [2.05, 4.69) is 34.5 Å². The summed E-state index contributed by atoms with van der Waals surface area (Å²) in [5.41, 5.74) is 3.31. The van der Waals surface area contributed by atoms with Gasteiger partial charge in [0.2, 0.25) is 5.91 Å². The number of amides is 1. The van der Waals surface area contributed by atoms with Crippen molar-refractivity contribution >= 4 is 5.91 Å². The Kier molecular flexibility index (Phi) is 4.52. The molecule has 1 aromatic carbocycles. The van der Waals surface area contributed by atoms with Gasteiger partial charge in [-0.05, 0) is 99.3 Å². The predicted octanol–water partition coefficient (Wildman–Crippen LogP) is 6.19. The summed E-state index contributed by atoms with van der Waals surface area (Å²) in [7, 11) is 0. The normalized spacial score (nSPS) is 36.0. The summed E-state index contributed by atoms with van der Waals surface area (Å²) in [6.45, 7) is 2.55. The largest absolute Gasteiger partial charge is 0.349 e. The molecular formula is C26H46N2O. The number of rotatable bonds is 3. The Labute approximate surface area is 183 Å². The van der Waals surface area contributed by atoms with E-state index in [4.69, 9.17) is 0 Å². The van der Waals surface area contributed by atoms with Gasteiger partial charge >= 0.3 is 0 Å². The molecule has 1 N–H and O–H groups in total. The highest BCUT2D eigenvalue weighted by atomic mass is 16.2. The van der Waals surface area contributed by atoms with Gasteiger partial charge in [0, 0.05) is 19.1 Å². The molecular weight excluding hydrogens is 356 g/mol. The number of hydrogen-bond acceptors (Lipinski definition) is 2. The fourth-order valence-electron chi connectivity index (χ4n) is 7.39. The monoisotopic (exact) mass is 402 g/mol. The van der Waals surface area contributed by atoms with E-state index in [9.17, 15) is 4.79 Å². The van der Waals surface area contributed by atoms with E-state index in [1.165, 1.54) is 70.0 Å². The highest BCUT2D eigenvalue weighted by Crippen LogP contribution is 2.50. The molecule has 166 valence electrons. The summed E-state index contributed by atoms with van der Waals surface area (Å²) in [6.07, 6.45) is 14.6. The lowest BCUT2D eigenvalue weighted by Gasteiger charge is -2.49. The molecule has 1 aromatic rings. The number of likely N-dealkylation sites (tertiary alicyclic amines) is 1. The topological polar surface area (TPSA) is 32.3 Å². The number of piperidine rings is 1. The standard InChI is InChI=1S/C26H36N2O.5H2/c29-25(20-7-8-20)27-24-9-10-26(23-4-2-1-3-22(23)24)11-13-28(14-12-26)21-16-18-5-6-19(15-18)17-21;;;;;/h1-4,18-21,24H,5-17H2,(H,27,29);5*1H/t18?,19?,21?,24-;;;;;/m0...../s1. The summed E-state index contributed by atoms with van der Waals surface area (Å²) in [6, 6.07) is 10.2. The molecule has 1 amide bonds. The second-order valence-electron chi connectivity index (χ2n) is 10.9. The van der Waals surface area contributed by atoms with E-state index in [-0.39, 0.29) is 13.2 Å². The zero-order valence-corrected chi connectivity index (χ0v) is 17.7. The maximum Gasteiger partial charge on any atom is 0.223 e. The molecule has 4 fully saturated rings. The Balaban J connectivity index is 0.00000116. The first-order chi connectivity index (χ1) is 14.2. The van der Waals surface area contributed by atoms with Crippen molar-refractivity contribution in [2.45, 2.75) is 88.1 Å². The van der Waals surface area contributed by atoms with Gasteiger partial charge in [0.05, 0.1) is 6.04 Å². The van der Waals surface area contributed by atoms with Crippen LogP contribution < -0.4 is 5.32 Å². The van der Waals surface area contributed by atoms with Gasteiger partial charge in [-0.3, -0.25) is 4.79 Å². The summed E-state index contributed by atoms with van der Waals surface area (Å²) < 4.78 is 0. The van der Waals surface area contributed by atoms with Gasteiger partial charge in [0.15, 0.2) is 0 Å². The van der Waals surface area contributed by atoms with E-state index in [0.717, 1.165) is 37.1 Å². The van der Waals surface area contributed by atoms with Gasteiger partial charge in [-0.15, -0.1) is 0 Å². The lowest BCUT2D eigenvalue weighted by atomic mass is 9.63. The van der Waals surface area contributed by atoms with Crippen LogP contribution in [0.4, 0.5) is 0 Å². The highest BCUT2D eigenvalue weighted by Gasteiger charge is 2.45. The van der Waals surface area contributed by atoms with Crippen LogP contribution in [0.2, 0.25) is 0 Å². The van der Waals surface area contributed by atoms with Gasteiger partial charge in [0.25, 0.3) is 0 Å². The Morgan fingerprint density at radius 2 is 1.66 bits per heavy atom. The third-order valence-electron chi connectivity index (χ3n) is 9.22. The van der Waals surface area contributed by atoms with Crippen LogP contribution in [-0.4, -0.2) is 29.9 Å². The van der Waals surface area contributed by atoms with Gasteiger partial charge in [-0.1, -0.05) is 37.1 Å². The fraction of sp³-hybridized carbons (Fsp3) is 0.731. The Morgan fingerprint density at radius 1 is 0.931 bits per heavy atom. The van der Waals surface area contributed by atoms with E-state index < -0.39 is 0 Å². The molecule has 3 nitrogen and oxygen atoms in total. The molecule has 6 rings (SSSR count). The lowest BCUT2D eigenvalue weighted by Crippen LogP contribution is -2.50. The molecule has 29 heavy (non-hydrogen) atoms. The molecule has 2 unspecified atom stereocenters. The van der Waals surface area contributed by atoms with Crippen molar-refractivity contribution in [3.8, 4) is 0 Å². The van der Waals surface area contributed by atoms with Crippen LogP contribution >= 0.6 is 0 Å². The molecule has 1 spiro atoms. The van der Waals surface area contributed by atoms with Crippen LogP contribution in [0.3, 0.4) is 0 Å². The van der Waals surface area contributed by atoms with Gasteiger partial charge in [-0.2, -0.15) is 0 Å². The lowest BCUT2D eigenvalue weighted by molar-refractivity contribution is -0.123. The molecule has 2 bridgehead atoms. The van der Waals surface area contributed by atoms with Crippen LogP contribution in [0.1, 0.15) is 94.9 Å². The number of carbonyl (C=O) groups is 1. The number of fused-ring (bicyclic) bond motifs is 4. The summed E-state index contributed by atoms with van der Waals surface area (Å²) in [5.74, 6) is 2.65. The zero-order valence-electron chi connectivity index (χ0n) is 17.7. The van der Waals surface area contributed by atoms with Gasteiger partial charge < -0.3 is 10.2 Å².